The van der Waals surface area contributed by atoms with Crippen LogP contribution < -0.4 is 10.6 Å². The van der Waals surface area contributed by atoms with Crippen LogP contribution in [0.3, 0.4) is 0 Å². The fourth-order valence-electron chi connectivity index (χ4n) is 1.76. The summed E-state index contributed by atoms with van der Waals surface area (Å²) in [5.74, 6) is 2.20. The molecule has 2 rings (SSSR count). The van der Waals surface area contributed by atoms with Crippen molar-refractivity contribution >= 4 is 21.5 Å². The molecule has 2 N–H and O–H groups in total. The van der Waals surface area contributed by atoms with Crippen molar-refractivity contribution in [2.24, 2.45) is 0 Å². The van der Waals surface area contributed by atoms with Gasteiger partial charge in [-0.15, -0.1) is 0 Å². The zero-order valence-electron chi connectivity index (χ0n) is 9.76. The van der Waals surface area contributed by atoms with Crippen LogP contribution in [0.1, 0.15) is 12.7 Å². The molecule has 0 aromatic carbocycles. The van der Waals surface area contributed by atoms with Crippen LogP contribution in [0.5, 0.6) is 0 Å². The van der Waals surface area contributed by atoms with Crippen molar-refractivity contribution in [1.82, 2.24) is 9.97 Å². The summed E-state index contributed by atoms with van der Waals surface area (Å²) in [6.07, 6.45) is 0.712. The van der Waals surface area contributed by atoms with Gasteiger partial charge in [-0.3, -0.25) is 0 Å². The molecule has 1 aliphatic rings. The number of nitrogens with two attached hydrogens (primary N) is 1. The van der Waals surface area contributed by atoms with Crippen molar-refractivity contribution in [3.63, 3.8) is 0 Å². The summed E-state index contributed by atoms with van der Waals surface area (Å²) >= 11 is 0. The number of rotatable bonds is 2. The van der Waals surface area contributed by atoms with E-state index >= 15 is 0 Å². The fraction of sp³-hybridized carbons (Fsp3) is 0.600. The van der Waals surface area contributed by atoms with E-state index in [0.29, 0.717) is 31.2 Å². The van der Waals surface area contributed by atoms with Crippen LogP contribution in [0.25, 0.3) is 0 Å². The first-order valence-electron chi connectivity index (χ1n) is 5.59. The second kappa shape index (κ2) is 4.48. The predicted octanol–water partition coefficient (Wildman–Crippen LogP) is -0.144. The molecule has 94 valence electrons. The molecule has 1 aromatic heterocycles. The standard InChI is InChI=1S/C10H16N4O2S/c1-2-9-12-8(11)7-10(13-9)14-3-5-17(15,16)6-4-14/h7H,2-6H2,1H3,(H2,11,12,13). The van der Waals surface area contributed by atoms with Crippen molar-refractivity contribution in [2.45, 2.75) is 13.3 Å². The average molecular weight is 256 g/mol. The summed E-state index contributed by atoms with van der Waals surface area (Å²) in [7, 11) is -2.87. The highest BCUT2D eigenvalue weighted by molar-refractivity contribution is 7.91. The van der Waals surface area contributed by atoms with Crippen molar-refractivity contribution in [1.29, 1.82) is 0 Å². The van der Waals surface area contributed by atoms with Gasteiger partial charge in [-0.05, 0) is 0 Å². The lowest BCUT2D eigenvalue weighted by atomic mass is 10.4. The van der Waals surface area contributed by atoms with E-state index in [4.69, 9.17) is 5.73 Å². The Bertz CT molecular complexity index is 501. The fourth-order valence-corrected chi connectivity index (χ4v) is 2.97. The lowest BCUT2D eigenvalue weighted by Gasteiger charge is -2.27. The minimum absolute atomic E-state index is 0.179. The highest BCUT2D eigenvalue weighted by Crippen LogP contribution is 2.17. The largest absolute Gasteiger partial charge is 0.384 e. The molecular weight excluding hydrogens is 240 g/mol. The quantitative estimate of drug-likeness (QED) is 0.792. The molecule has 6 nitrogen and oxygen atoms in total. The minimum atomic E-state index is -2.87. The summed E-state index contributed by atoms with van der Waals surface area (Å²) in [5.41, 5.74) is 5.70. The van der Waals surface area contributed by atoms with E-state index in [1.807, 2.05) is 11.8 Å². The molecule has 0 radical (unpaired) electrons. The lowest BCUT2D eigenvalue weighted by Crippen LogP contribution is -2.40. The van der Waals surface area contributed by atoms with Gasteiger partial charge in [-0.2, -0.15) is 0 Å². The molecule has 7 heteroatoms. The van der Waals surface area contributed by atoms with Crippen molar-refractivity contribution in [3.8, 4) is 0 Å². The summed E-state index contributed by atoms with van der Waals surface area (Å²) in [6.45, 7) is 2.91. The molecule has 1 fully saturated rings. The number of nitrogens with zero attached hydrogens (tertiary/aromatic N) is 3. The van der Waals surface area contributed by atoms with E-state index in [1.165, 1.54) is 0 Å². The molecule has 0 aliphatic carbocycles. The molecule has 0 amide bonds. The van der Waals surface area contributed by atoms with Gasteiger partial charge in [-0.25, -0.2) is 18.4 Å². The van der Waals surface area contributed by atoms with Crippen LogP contribution in [0.4, 0.5) is 11.6 Å². The van der Waals surface area contributed by atoms with E-state index in [9.17, 15) is 8.42 Å². The third-order valence-corrected chi connectivity index (χ3v) is 4.37. The Morgan fingerprint density at radius 3 is 2.59 bits per heavy atom. The Morgan fingerprint density at radius 2 is 2.00 bits per heavy atom. The van der Waals surface area contributed by atoms with E-state index in [1.54, 1.807) is 6.07 Å². The molecule has 17 heavy (non-hydrogen) atoms. The molecule has 0 bridgehead atoms. The maximum atomic E-state index is 11.3. The zero-order valence-corrected chi connectivity index (χ0v) is 10.6. The number of aromatic nitrogens is 2. The molecule has 1 saturated heterocycles. The first kappa shape index (κ1) is 12.1. The van der Waals surface area contributed by atoms with E-state index in [2.05, 4.69) is 9.97 Å². The Kier molecular flexibility index (Phi) is 3.19. The van der Waals surface area contributed by atoms with Gasteiger partial charge < -0.3 is 10.6 Å². The number of aryl methyl sites for hydroxylation is 1. The van der Waals surface area contributed by atoms with Crippen LogP contribution in [-0.2, 0) is 16.3 Å². The van der Waals surface area contributed by atoms with Gasteiger partial charge in [-0.1, -0.05) is 6.92 Å². The second-order valence-corrected chi connectivity index (χ2v) is 6.36. The summed E-state index contributed by atoms with van der Waals surface area (Å²) < 4.78 is 22.7. The van der Waals surface area contributed by atoms with Crippen LogP contribution in [-0.4, -0.2) is 43.0 Å². The van der Waals surface area contributed by atoms with Crippen LogP contribution in [0.15, 0.2) is 6.07 Å². The predicted molar refractivity (Wildman–Crippen MR) is 66.7 cm³/mol. The molecule has 0 spiro atoms. The van der Waals surface area contributed by atoms with E-state index in [-0.39, 0.29) is 11.5 Å². The number of sulfone groups is 1. The summed E-state index contributed by atoms with van der Waals surface area (Å²) in [6, 6.07) is 1.69. The maximum absolute atomic E-state index is 11.3. The van der Waals surface area contributed by atoms with Gasteiger partial charge in [0.1, 0.15) is 17.5 Å². The zero-order chi connectivity index (χ0) is 12.5. The van der Waals surface area contributed by atoms with Gasteiger partial charge in [0, 0.05) is 25.6 Å². The van der Waals surface area contributed by atoms with E-state index < -0.39 is 9.84 Å². The number of hydrogen-bond acceptors (Lipinski definition) is 6. The Labute approximate surface area is 101 Å². The number of anilines is 2. The highest BCUT2D eigenvalue weighted by atomic mass is 32.2. The number of hydrogen-bond donors (Lipinski definition) is 1. The SMILES string of the molecule is CCc1nc(N)cc(N2CCS(=O)(=O)CC2)n1. The van der Waals surface area contributed by atoms with Crippen LogP contribution >= 0.6 is 0 Å². The van der Waals surface area contributed by atoms with E-state index in [0.717, 1.165) is 5.82 Å². The van der Waals surface area contributed by atoms with Gasteiger partial charge in [0.15, 0.2) is 9.84 Å². The van der Waals surface area contributed by atoms with Crippen molar-refractivity contribution < 1.29 is 8.42 Å². The van der Waals surface area contributed by atoms with Gasteiger partial charge in [0.2, 0.25) is 0 Å². The minimum Gasteiger partial charge on any atom is -0.384 e. The average Bonchev–Trinajstić information content (AvgIpc) is 2.28. The summed E-state index contributed by atoms with van der Waals surface area (Å²) in [5, 5.41) is 0. The topological polar surface area (TPSA) is 89.2 Å². The van der Waals surface area contributed by atoms with Gasteiger partial charge in [0.05, 0.1) is 11.5 Å². The molecule has 0 unspecified atom stereocenters. The third kappa shape index (κ3) is 2.85. The van der Waals surface area contributed by atoms with Gasteiger partial charge >= 0.3 is 0 Å². The molecule has 1 aliphatic heterocycles. The van der Waals surface area contributed by atoms with Gasteiger partial charge in [0.25, 0.3) is 0 Å². The Balaban J connectivity index is 2.21. The smallest absolute Gasteiger partial charge is 0.153 e. The molecule has 0 saturated carbocycles. The summed E-state index contributed by atoms with van der Waals surface area (Å²) in [4.78, 5) is 10.4. The first-order valence-corrected chi connectivity index (χ1v) is 7.41. The number of nitrogen functional groups attached to an aromatic ring is 1. The first-order chi connectivity index (χ1) is 8.00. The maximum Gasteiger partial charge on any atom is 0.153 e. The normalized spacial score (nSPS) is 19.2. The monoisotopic (exact) mass is 256 g/mol. The molecule has 0 atom stereocenters. The van der Waals surface area contributed by atoms with Crippen molar-refractivity contribution in [3.05, 3.63) is 11.9 Å². The molecule has 1 aromatic rings. The third-order valence-electron chi connectivity index (χ3n) is 2.76. The lowest BCUT2D eigenvalue weighted by molar-refractivity contribution is 0.586. The van der Waals surface area contributed by atoms with Crippen LogP contribution in [0, 0.1) is 0 Å². The molecular formula is C10H16N4O2S. The second-order valence-electron chi connectivity index (χ2n) is 4.06. The van der Waals surface area contributed by atoms with Crippen molar-refractivity contribution in [2.75, 3.05) is 35.2 Å². The Hall–Kier alpha value is -1.37. The van der Waals surface area contributed by atoms with Crippen LogP contribution in [0.2, 0.25) is 0 Å². The molecule has 2 heterocycles. The Morgan fingerprint density at radius 1 is 1.35 bits per heavy atom. The highest BCUT2D eigenvalue weighted by Gasteiger charge is 2.22.